The van der Waals surface area contributed by atoms with E-state index in [1.54, 1.807) is 31.2 Å². The molecule has 0 aliphatic carbocycles. The lowest BCUT2D eigenvalue weighted by Crippen LogP contribution is -2.38. The number of nitriles is 1. The number of unbranched alkanes of at least 4 members (excludes halogenated alkanes) is 1. The molecular formula is C19H23N3O3S. The van der Waals surface area contributed by atoms with Gasteiger partial charge in [0.25, 0.3) is 5.91 Å². The number of rotatable bonds is 6. The van der Waals surface area contributed by atoms with Crippen LogP contribution < -0.4 is 0 Å². The molecule has 7 heteroatoms. The summed E-state index contributed by atoms with van der Waals surface area (Å²) in [4.78, 5) is 31.0. The van der Waals surface area contributed by atoms with E-state index < -0.39 is 0 Å². The minimum Gasteiger partial charge on any atom is -0.465 e. The molecule has 1 saturated heterocycles. The molecule has 0 saturated carbocycles. The summed E-state index contributed by atoms with van der Waals surface area (Å²) >= 11 is 1.28. The van der Waals surface area contributed by atoms with Gasteiger partial charge in [-0.15, -0.1) is 0 Å². The summed E-state index contributed by atoms with van der Waals surface area (Å²) in [5, 5.41) is 9.02. The summed E-state index contributed by atoms with van der Waals surface area (Å²) in [7, 11) is 0. The molecule has 26 heavy (non-hydrogen) atoms. The van der Waals surface area contributed by atoms with Crippen LogP contribution in [-0.2, 0) is 9.53 Å². The van der Waals surface area contributed by atoms with E-state index in [9.17, 15) is 9.59 Å². The first-order valence-electron chi connectivity index (χ1n) is 8.74. The Hall–Kier alpha value is -2.33. The molecule has 1 amide bonds. The van der Waals surface area contributed by atoms with Crippen molar-refractivity contribution < 1.29 is 14.3 Å². The average Bonchev–Trinajstić information content (AvgIpc) is 2.95. The smallest absolute Gasteiger partial charge is 0.321 e. The summed E-state index contributed by atoms with van der Waals surface area (Å²) in [6.45, 7) is 6.89. The third-order valence-electron chi connectivity index (χ3n) is 4.14. The summed E-state index contributed by atoms with van der Waals surface area (Å²) < 4.78 is 5.16. The third-order valence-corrected chi connectivity index (χ3v) is 5.51. The molecule has 0 N–H and O–H groups in total. The average molecular weight is 373 g/mol. The molecule has 1 aromatic carbocycles. The first-order valence-corrected chi connectivity index (χ1v) is 9.62. The van der Waals surface area contributed by atoms with Crippen LogP contribution in [0.3, 0.4) is 0 Å². The standard InChI is InChI=1S/C19H23N3O3S/c1-4-6-11-22-13(3)16(18(24)25-5-2)26-19(22)21-17(23)15-9-7-14(12-20)8-10-15/h7-10,13,16H,4-6,11H2,1-3H3. The second-order valence-corrected chi connectivity index (χ2v) is 7.08. The van der Waals surface area contributed by atoms with Gasteiger partial charge in [0.15, 0.2) is 5.17 Å². The second kappa shape index (κ2) is 9.39. The van der Waals surface area contributed by atoms with E-state index in [0.29, 0.717) is 22.9 Å². The van der Waals surface area contributed by atoms with Crippen molar-refractivity contribution in [3.63, 3.8) is 0 Å². The molecule has 0 bridgehead atoms. The number of ether oxygens (including phenoxy) is 1. The summed E-state index contributed by atoms with van der Waals surface area (Å²) in [5.41, 5.74) is 0.907. The minimum absolute atomic E-state index is 0.0851. The van der Waals surface area contributed by atoms with Gasteiger partial charge in [0.2, 0.25) is 0 Å². The molecule has 1 fully saturated rings. The van der Waals surface area contributed by atoms with E-state index in [4.69, 9.17) is 10.00 Å². The zero-order valence-corrected chi connectivity index (χ0v) is 16.1. The molecule has 1 aliphatic rings. The van der Waals surface area contributed by atoms with Gasteiger partial charge in [-0.1, -0.05) is 25.1 Å². The van der Waals surface area contributed by atoms with Crippen molar-refractivity contribution in [1.29, 1.82) is 5.26 Å². The van der Waals surface area contributed by atoms with Crippen LogP contribution in [0.5, 0.6) is 0 Å². The fourth-order valence-electron chi connectivity index (χ4n) is 2.64. The van der Waals surface area contributed by atoms with Crippen LogP contribution in [0.2, 0.25) is 0 Å². The first kappa shape index (κ1) is 20.0. The van der Waals surface area contributed by atoms with E-state index >= 15 is 0 Å². The van der Waals surface area contributed by atoms with Gasteiger partial charge in [0.1, 0.15) is 5.25 Å². The molecule has 0 radical (unpaired) electrons. The van der Waals surface area contributed by atoms with Gasteiger partial charge >= 0.3 is 5.97 Å². The summed E-state index contributed by atoms with van der Waals surface area (Å²) in [6.07, 6.45) is 1.96. The molecule has 2 rings (SSSR count). The predicted octanol–water partition coefficient (Wildman–Crippen LogP) is 3.22. The van der Waals surface area contributed by atoms with E-state index in [1.807, 2.05) is 17.9 Å². The molecule has 2 unspecified atom stereocenters. The highest BCUT2D eigenvalue weighted by molar-refractivity contribution is 8.15. The van der Waals surface area contributed by atoms with E-state index in [0.717, 1.165) is 19.4 Å². The molecule has 2 atom stereocenters. The number of thioether (sulfide) groups is 1. The Morgan fingerprint density at radius 1 is 1.31 bits per heavy atom. The Balaban J connectivity index is 2.24. The van der Waals surface area contributed by atoms with Gasteiger partial charge in [-0.3, -0.25) is 9.59 Å². The monoisotopic (exact) mass is 373 g/mol. The van der Waals surface area contributed by atoms with E-state index in [2.05, 4.69) is 11.9 Å². The number of nitrogens with zero attached hydrogens (tertiary/aromatic N) is 3. The topological polar surface area (TPSA) is 82.8 Å². The van der Waals surface area contributed by atoms with Crippen molar-refractivity contribution in [3.8, 4) is 6.07 Å². The fraction of sp³-hybridized carbons (Fsp3) is 0.474. The predicted molar refractivity (Wildman–Crippen MR) is 102 cm³/mol. The van der Waals surface area contributed by atoms with Crippen molar-refractivity contribution in [1.82, 2.24) is 4.90 Å². The first-order chi connectivity index (χ1) is 12.5. The van der Waals surface area contributed by atoms with E-state index in [1.165, 1.54) is 11.8 Å². The number of amides is 1. The van der Waals surface area contributed by atoms with Gasteiger partial charge in [0.05, 0.1) is 24.3 Å². The van der Waals surface area contributed by atoms with Gasteiger partial charge in [-0.05, 0) is 44.5 Å². The summed E-state index contributed by atoms with van der Waals surface area (Å²) in [6, 6.07) is 8.30. The molecule has 0 spiro atoms. The number of hydrogen-bond acceptors (Lipinski definition) is 5. The Morgan fingerprint density at radius 2 is 2.00 bits per heavy atom. The van der Waals surface area contributed by atoms with Crippen molar-refractivity contribution in [2.75, 3.05) is 13.2 Å². The summed E-state index contributed by atoms with van der Waals surface area (Å²) in [5.74, 6) is -0.655. The lowest BCUT2D eigenvalue weighted by molar-refractivity contribution is -0.143. The molecular weight excluding hydrogens is 350 g/mol. The number of benzene rings is 1. The number of esters is 1. The van der Waals surface area contributed by atoms with Crippen LogP contribution in [0.4, 0.5) is 0 Å². The maximum Gasteiger partial charge on any atom is 0.321 e. The Kier molecular flexibility index (Phi) is 7.22. The van der Waals surface area contributed by atoms with Crippen LogP contribution in [0, 0.1) is 11.3 Å². The number of aliphatic imine (C=N–C) groups is 1. The van der Waals surface area contributed by atoms with Crippen molar-refractivity contribution in [2.24, 2.45) is 4.99 Å². The van der Waals surface area contributed by atoms with Crippen LogP contribution in [0.25, 0.3) is 0 Å². The number of hydrogen-bond donors (Lipinski definition) is 0. The highest BCUT2D eigenvalue weighted by Crippen LogP contribution is 2.33. The maximum atomic E-state index is 12.5. The third kappa shape index (κ3) is 4.64. The Labute approximate surface area is 158 Å². The van der Waals surface area contributed by atoms with E-state index in [-0.39, 0.29) is 23.2 Å². The number of carbonyl (C=O) groups excluding carboxylic acids is 2. The highest BCUT2D eigenvalue weighted by atomic mass is 32.2. The quantitative estimate of drug-likeness (QED) is 0.712. The lowest BCUT2D eigenvalue weighted by atomic mass is 10.1. The molecule has 138 valence electrons. The number of carbonyl (C=O) groups is 2. The fourth-order valence-corrected chi connectivity index (χ4v) is 3.91. The minimum atomic E-state index is -0.390. The Bertz CT molecular complexity index is 725. The van der Waals surface area contributed by atoms with Crippen LogP contribution in [-0.4, -0.2) is 46.4 Å². The highest BCUT2D eigenvalue weighted by Gasteiger charge is 2.41. The molecule has 1 aliphatic heterocycles. The van der Waals surface area contributed by atoms with Gasteiger partial charge in [-0.25, -0.2) is 0 Å². The van der Waals surface area contributed by atoms with Gasteiger partial charge in [-0.2, -0.15) is 10.3 Å². The number of amidine groups is 1. The molecule has 6 nitrogen and oxygen atoms in total. The van der Waals surface area contributed by atoms with Crippen molar-refractivity contribution in [3.05, 3.63) is 35.4 Å². The van der Waals surface area contributed by atoms with Crippen LogP contribution in [0.1, 0.15) is 49.5 Å². The second-order valence-electron chi connectivity index (χ2n) is 5.97. The SMILES string of the molecule is CCCCN1C(=NC(=O)c2ccc(C#N)cc2)SC(C(=O)OCC)C1C. The van der Waals surface area contributed by atoms with Crippen LogP contribution in [0.15, 0.2) is 29.3 Å². The molecule has 1 aromatic rings. The van der Waals surface area contributed by atoms with Crippen LogP contribution >= 0.6 is 11.8 Å². The maximum absolute atomic E-state index is 12.5. The normalized spacial score (nSPS) is 20.8. The molecule has 1 heterocycles. The van der Waals surface area contributed by atoms with Gasteiger partial charge in [0, 0.05) is 12.1 Å². The van der Waals surface area contributed by atoms with Crippen molar-refractivity contribution in [2.45, 2.75) is 44.9 Å². The Morgan fingerprint density at radius 3 is 2.58 bits per heavy atom. The largest absolute Gasteiger partial charge is 0.465 e. The molecule has 0 aromatic heterocycles. The lowest BCUT2D eigenvalue weighted by Gasteiger charge is -2.24. The van der Waals surface area contributed by atoms with Gasteiger partial charge < -0.3 is 9.64 Å². The zero-order chi connectivity index (χ0) is 19.1. The van der Waals surface area contributed by atoms with Crippen molar-refractivity contribution >= 4 is 28.8 Å². The zero-order valence-electron chi connectivity index (χ0n) is 15.3.